The van der Waals surface area contributed by atoms with E-state index in [9.17, 15) is 9.59 Å². The van der Waals surface area contributed by atoms with Crippen molar-refractivity contribution in [1.29, 1.82) is 0 Å². The molecule has 4 rings (SSSR count). The highest BCUT2D eigenvalue weighted by Gasteiger charge is 2.23. The number of hydrogen-bond acceptors (Lipinski definition) is 6. The smallest absolute Gasteiger partial charge is 0.323 e. The summed E-state index contributed by atoms with van der Waals surface area (Å²) < 4.78 is 5.34. The number of benzene rings is 2. The van der Waals surface area contributed by atoms with Crippen LogP contribution in [0.4, 0.5) is 16.3 Å². The van der Waals surface area contributed by atoms with Crippen LogP contribution in [-0.4, -0.2) is 60.0 Å². The predicted molar refractivity (Wildman–Crippen MR) is 120 cm³/mol. The number of amides is 2. The Hall–Kier alpha value is -3.68. The first-order valence-corrected chi connectivity index (χ1v) is 10.2. The largest absolute Gasteiger partial charge is 0.478 e. The molecule has 0 atom stereocenters. The van der Waals surface area contributed by atoms with Gasteiger partial charge in [-0.25, -0.2) is 14.8 Å². The third-order valence-corrected chi connectivity index (χ3v) is 5.41. The second-order valence-corrected chi connectivity index (χ2v) is 7.58. The van der Waals surface area contributed by atoms with E-state index in [0.29, 0.717) is 43.1 Å². The molecule has 2 heterocycles. The molecule has 1 N–H and O–H groups in total. The highest BCUT2D eigenvalue weighted by atomic mass is 16.5. The molecule has 160 valence electrons. The van der Waals surface area contributed by atoms with E-state index >= 15 is 0 Å². The summed E-state index contributed by atoms with van der Waals surface area (Å²) in [6.45, 7) is 6.09. The molecule has 1 aliphatic heterocycles. The first-order valence-electron chi connectivity index (χ1n) is 10.2. The summed E-state index contributed by atoms with van der Waals surface area (Å²) in [4.78, 5) is 37.2. The molecule has 8 nitrogen and oxygen atoms in total. The lowest BCUT2D eigenvalue weighted by atomic mass is 10.1. The van der Waals surface area contributed by atoms with Crippen molar-refractivity contribution in [2.75, 3.05) is 43.5 Å². The third-order valence-electron chi connectivity index (χ3n) is 5.41. The fourth-order valence-electron chi connectivity index (χ4n) is 3.63. The van der Waals surface area contributed by atoms with E-state index < -0.39 is 0 Å². The lowest BCUT2D eigenvalue weighted by Crippen LogP contribution is -2.50. The van der Waals surface area contributed by atoms with Crippen LogP contribution in [0.2, 0.25) is 0 Å². The van der Waals surface area contributed by atoms with Gasteiger partial charge in [-0.3, -0.25) is 10.1 Å². The molecule has 2 aromatic carbocycles. The number of rotatable bonds is 4. The molecular weight excluding hydrogens is 394 g/mol. The lowest BCUT2D eigenvalue weighted by Gasteiger charge is -2.36. The molecule has 0 unspecified atom stereocenters. The normalized spacial score (nSPS) is 13.9. The van der Waals surface area contributed by atoms with Gasteiger partial charge in [0.05, 0.1) is 18.1 Å². The van der Waals surface area contributed by atoms with Gasteiger partial charge in [0.1, 0.15) is 0 Å². The Labute approximate surface area is 180 Å². The van der Waals surface area contributed by atoms with Crippen molar-refractivity contribution in [2.24, 2.45) is 0 Å². The van der Waals surface area contributed by atoms with E-state index in [0.717, 1.165) is 16.8 Å². The fraction of sp³-hybridized carbons (Fsp3) is 0.304. The molecule has 1 fully saturated rings. The molecule has 3 aromatic rings. The van der Waals surface area contributed by atoms with E-state index in [1.165, 1.54) is 7.11 Å². The maximum Gasteiger partial charge on any atom is 0.323 e. The highest BCUT2D eigenvalue weighted by Crippen LogP contribution is 2.24. The van der Waals surface area contributed by atoms with Gasteiger partial charge in [0.25, 0.3) is 5.88 Å². The zero-order valence-electron chi connectivity index (χ0n) is 17.9. The zero-order chi connectivity index (χ0) is 22.0. The van der Waals surface area contributed by atoms with Crippen LogP contribution in [0.1, 0.15) is 22.8 Å². The summed E-state index contributed by atoms with van der Waals surface area (Å²) in [5.41, 5.74) is 4.24. The van der Waals surface area contributed by atoms with Crippen molar-refractivity contribution >= 4 is 34.4 Å². The van der Waals surface area contributed by atoms with Gasteiger partial charge in [-0.1, -0.05) is 6.07 Å². The van der Waals surface area contributed by atoms with Crippen molar-refractivity contribution < 1.29 is 14.3 Å². The van der Waals surface area contributed by atoms with Gasteiger partial charge in [-0.15, -0.1) is 0 Å². The summed E-state index contributed by atoms with van der Waals surface area (Å²) in [5, 5.41) is 2.84. The average molecular weight is 419 g/mol. The maximum atomic E-state index is 12.8. The van der Waals surface area contributed by atoms with E-state index in [2.05, 4.69) is 20.2 Å². The van der Waals surface area contributed by atoms with Gasteiger partial charge < -0.3 is 14.5 Å². The molecule has 0 bridgehead atoms. The fourth-order valence-corrected chi connectivity index (χ4v) is 3.63. The number of carbonyl (C=O) groups is 2. The van der Waals surface area contributed by atoms with E-state index in [1.807, 2.05) is 49.4 Å². The monoisotopic (exact) mass is 419 g/mol. The summed E-state index contributed by atoms with van der Waals surface area (Å²) in [5.74, 6) is 0.650. The number of aryl methyl sites for hydroxylation is 1. The van der Waals surface area contributed by atoms with Crippen molar-refractivity contribution in [3.63, 3.8) is 0 Å². The number of fused-ring (bicyclic) bond motifs is 1. The quantitative estimate of drug-likeness (QED) is 0.651. The van der Waals surface area contributed by atoms with Gasteiger partial charge in [0, 0.05) is 37.4 Å². The molecule has 2 amide bonds. The topological polar surface area (TPSA) is 87.7 Å². The number of methoxy groups -OCH3 is 1. The minimum Gasteiger partial charge on any atom is -0.478 e. The van der Waals surface area contributed by atoms with E-state index in [1.54, 1.807) is 11.8 Å². The summed E-state index contributed by atoms with van der Waals surface area (Å²) in [7, 11) is 1.51. The molecule has 0 radical (unpaired) electrons. The Morgan fingerprint density at radius 3 is 2.32 bits per heavy atom. The Bertz CT molecular complexity index is 1120. The van der Waals surface area contributed by atoms with Crippen LogP contribution >= 0.6 is 0 Å². The van der Waals surface area contributed by atoms with Gasteiger partial charge >= 0.3 is 6.03 Å². The van der Waals surface area contributed by atoms with Gasteiger partial charge in [0.2, 0.25) is 0 Å². The van der Waals surface area contributed by atoms with Crippen molar-refractivity contribution in [2.45, 2.75) is 13.8 Å². The van der Waals surface area contributed by atoms with E-state index in [4.69, 9.17) is 4.74 Å². The number of nitrogens with zero attached hydrogens (tertiary/aromatic N) is 4. The molecule has 31 heavy (non-hydrogen) atoms. The van der Waals surface area contributed by atoms with Crippen molar-refractivity contribution in [3.8, 4) is 5.88 Å². The first kappa shape index (κ1) is 20.6. The Kier molecular flexibility index (Phi) is 5.70. The minimum absolute atomic E-state index is 0.0513. The number of ether oxygens (including phenoxy) is 1. The van der Waals surface area contributed by atoms with Crippen LogP contribution in [0.5, 0.6) is 5.88 Å². The van der Waals surface area contributed by atoms with Crippen LogP contribution < -0.4 is 15.0 Å². The highest BCUT2D eigenvalue weighted by molar-refractivity contribution is 5.94. The molecular formula is C23H25N5O3. The Morgan fingerprint density at radius 2 is 1.68 bits per heavy atom. The lowest BCUT2D eigenvalue weighted by molar-refractivity contribution is 0.101. The Morgan fingerprint density at radius 1 is 0.968 bits per heavy atom. The zero-order valence-corrected chi connectivity index (χ0v) is 17.9. The number of Topliss-reactive ketones (excluding diaryl/α,β-unsaturated/α-hetero) is 1. The second-order valence-electron chi connectivity index (χ2n) is 7.58. The molecule has 8 heteroatoms. The number of nitrogens with one attached hydrogen (secondary N) is 1. The first-order chi connectivity index (χ1) is 14.9. The van der Waals surface area contributed by atoms with Crippen LogP contribution in [-0.2, 0) is 0 Å². The maximum absolute atomic E-state index is 12.8. The molecule has 0 aliphatic carbocycles. The van der Waals surface area contributed by atoms with Crippen LogP contribution in [0, 0.1) is 6.92 Å². The third kappa shape index (κ3) is 4.42. The van der Waals surface area contributed by atoms with E-state index in [-0.39, 0.29) is 17.7 Å². The average Bonchev–Trinajstić information content (AvgIpc) is 2.79. The minimum atomic E-state index is -0.231. The van der Waals surface area contributed by atoms with Crippen LogP contribution in [0.25, 0.3) is 11.0 Å². The van der Waals surface area contributed by atoms with Crippen LogP contribution in [0.3, 0.4) is 0 Å². The molecule has 1 aromatic heterocycles. The number of anilines is 2. The summed E-state index contributed by atoms with van der Waals surface area (Å²) in [6, 6.07) is 13.1. The van der Waals surface area contributed by atoms with Crippen molar-refractivity contribution in [1.82, 2.24) is 14.9 Å². The number of urea groups is 1. The Balaban J connectivity index is 1.42. The molecule has 1 aliphatic rings. The molecule has 1 saturated heterocycles. The number of carbonyl (C=O) groups excluding carboxylic acids is 2. The second kappa shape index (κ2) is 8.59. The van der Waals surface area contributed by atoms with Crippen LogP contribution in [0.15, 0.2) is 42.5 Å². The SMILES string of the molecule is COc1nc2cc(C)ccc2nc1NC(=O)N1CCN(c2ccc(C(C)=O)cc2)CC1. The number of hydrogen-bond donors (Lipinski definition) is 1. The molecule has 0 saturated carbocycles. The van der Waals surface area contributed by atoms with Gasteiger partial charge in [-0.05, 0) is 55.8 Å². The number of ketones is 1. The summed E-state index contributed by atoms with van der Waals surface area (Å²) in [6.07, 6.45) is 0. The van der Waals surface area contributed by atoms with Crippen molar-refractivity contribution in [3.05, 3.63) is 53.6 Å². The molecule has 0 spiro atoms. The number of aromatic nitrogens is 2. The summed E-state index contributed by atoms with van der Waals surface area (Å²) >= 11 is 0. The standard InChI is InChI=1S/C23H25N5O3/c1-15-4-9-19-20(14-15)25-22(31-3)21(24-19)26-23(30)28-12-10-27(11-13-28)18-7-5-17(6-8-18)16(2)29/h4-9,14H,10-13H2,1-3H3,(H,24,26,30). The van der Waals surface area contributed by atoms with Gasteiger partial charge in [0.15, 0.2) is 11.6 Å². The van der Waals surface area contributed by atoms with Gasteiger partial charge in [-0.2, -0.15) is 0 Å². The predicted octanol–water partition coefficient (Wildman–Crippen LogP) is 3.50. The number of piperazine rings is 1.